The largest absolute Gasteiger partial charge is 0.388 e. The molecule has 24 heavy (non-hydrogen) atoms. The number of fused-ring (bicyclic) bond motifs is 2. The molecule has 2 atom stereocenters. The number of thiocarbonyl (C=S) groups is 2. The number of carbonyl (C=O) groups is 1. The third-order valence-electron chi connectivity index (χ3n) is 5.83. The Kier molecular flexibility index (Phi) is 6.35. The molecule has 130 valence electrons. The van der Waals surface area contributed by atoms with E-state index in [1.165, 1.54) is 24.1 Å². The number of hydrogen-bond acceptors (Lipinski definition) is 5. The summed E-state index contributed by atoms with van der Waals surface area (Å²) < 4.78 is 0.500. The van der Waals surface area contributed by atoms with Gasteiger partial charge in [-0.1, -0.05) is 75.5 Å². The van der Waals surface area contributed by atoms with E-state index in [2.05, 4.69) is 20.8 Å². The highest BCUT2D eigenvalue weighted by molar-refractivity contribution is 8.33. The normalized spacial score (nSPS) is 26.7. The Hall–Kier alpha value is -0.620. The molecular weight excluding hydrogens is 356 g/mol. The average molecular weight is 381 g/mol. The van der Waals surface area contributed by atoms with E-state index in [9.17, 15) is 4.79 Å². The fourth-order valence-corrected chi connectivity index (χ4v) is 5.18. The summed E-state index contributed by atoms with van der Waals surface area (Å²) in [6.07, 6.45) is 3.96. The number of aliphatic hydroxyl groups excluding tert-OH is 1. The smallest absolute Gasteiger partial charge is 0.219 e. The van der Waals surface area contributed by atoms with E-state index in [4.69, 9.17) is 29.5 Å². The number of carbonyl (C=O) groups excluding carboxylic acids is 1. The first-order chi connectivity index (χ1) is 11.2. The Balaban J connectivity index is 0.000000175. The first kappa shape index (κ1) is 19.7. The van der Waals surface area contributed by atoms with Crippen LogP contribution in [0.2, 0.25) is 0 Å². The van der Waals surface area contributed by atoms with Crippen molar-refractivity contribution < 1.29 is 9.90 Å². The molecule has 0 aromatic heterocycles. The molecule has 3 rings (SSSR count). The molecular formula is C19H24O2S3. The lowest BCUT2D eigenvalue weighted by atomic mass is 9.71. The Bertz CT molecular complexity index is 639. The van der Waals surface area contributed by atoms with Gasteiger partial charge in [0.05, 0.1) is 4.20 Å². The van der Waals surface area contributed by atoms with Gasteiger partial charge in [0.1, 0.15) is 6.61 Å². The van der Waals surface area contributed by atoms with Gasteiger partial charge in [0.25, 0.3) is 0 Å². The average Bonchev–Trinajstić information content (AvgIpc) is 2.89. The van der Waals surface area contributed by atoms with E-state index >= 15 is 0 Å². The van der Waals surface area contributed by atoms with Gasteiger partial charge in [0.15, 0.2) is 0 Å². The zero-order chi connectivity index (χ0) is 18.0. The highest BCUT2D eigenvalue weighted by atomic mass is 32.2. The summed E-state index contributed by atoms with van der Waals surface area (Å²) in [6, 6.07) is 9.25. The SMILES string of the molecule is CC12CCC(CC1=S)C2(C)C.O=C(CO)SC(=S)c1ccccc1. The van der Waals surface area contributed by atoms with Crippen LogP contribution in [0, 0.1) is 16.7 Å². The summed E-state index contributed by atoms with van der Waals surface area (Å²) >= 11 is 11.3. The lowest BCUT2D eigenvalue weighted by Crippen LogP contribution is -2.31. The minimum atomic E-state index is -0.475. The molecule has 2 unspecified atom stereocenters. The van der Waals surface area contributed by atoms with Crippen molar-refractivity contribution in [2.24, 2.45) is 16.7 Å². The van der Waals surface area contributed by atoms with Gasteiger partial charge in [-0.05, 0) is 52.8 Å². The van der Waals surface area contributed by atoms with Crippen molar-refractivity contribution in [3.63, 3.8) is 0 Å². The van der Waals surface area contributed by atoms with Crippen molar-refractivity contribution in [3.8, 4) is 0 Å². The van der Waals surface area contributed by atoms with E-state index in [0.29, 0.717) is 15.0 Å². The van der Waals surface area contributed by atoms with E-state index < -0.39 is 6.61 Å². The van der Waals surface area contributed by atoms with Crippen LogP contribution in [-0.4, -0.2) is 25.9 Å². The first-order valence-corrected chi connectivity index (χ1v) is 9.80. The lowest BCUT2D eigenvalue weighted by molar-refractivity contribution is -0.113. The zero-order valence-corrected chi connectivity index (χ0v) is 16.8. The molecule has 0 saturated heterocycles. The van der Waals surface area contributed by atoms with Crippen LogP contribution in [-0.2, 0) is 4.79 Å². The van der Waals surface area contributed by atoms with Gasteiger partial charge in [-0.15, -0.1) is 0 Å². The maximum Gasteiger partial charge on any atom is 0.219 e. The summed E-state index contributed by atoms with van der Waals surface area (Å²) in [4.78, 5) is 12.2. The van der Waals surface area contributed by atoms with Crippen molar-refractivity contribution in [2.45, 2.75) is 40.0 Å². The fourth-order valence-electron chi connectivity index (χ4n) is 3.67. The molecule has 1 aromatic rings. The summed E-state index contributed by atoms with van der Waals surface area (Å²) in [5, 5.41) is 8.18. The van der Waals surface area contributed by atoms with Crippen LogP contribution in [0.1, 0.15) is 45.6 Å². The number of benzene rings is 1. The highest BCUT2D eigenvalue weighted by Gasteiger charge is 2.58. The molecule has 1 N–H and O–H groups in total. The first-order valence-electron chi connectivity index (χ1n) is 8.16. The third-order valence-corrected chi connectivity index (χ3v) is 7.71. The summed E-state index contributed by atoms with van der Waals surface area (Å²) in [5.74, 6) is 0.889. The van der Waals surface area contributed by atoms with Gasteiger partial charge >= 0.3 is 0 Å². The quantitative estimate of drug-likeness (QED) is 0.745. The molecule has 2 aliphatic carbocycles. The van der Waals surface area contributed by atoms with Crippen LogP contribution in [0.5, 0.6) is 0 Å². The molecule has 0 amide bonds. The van der Waals surface area contributed by atoms with Crippen LogP contribution in [0.15, 0.2) is 30.3 Å². The summed E-state index contributed by atoms with van der Waals surface area (Å²) in [5.41, 5.74) is 1.72. The molecule has 0 aliphatic heterocycles. The maximum atomic E-state index is 10.8. The molecule has 1 aromatic carbocycles. The molecule has 2 bridgehead atoms. The monoisotopic (exact) mass is 380 g/mol. The second-order valence-corrected chi connectivity index (χ2v) is 9.43. The van der Waals surface area contributed by atoms with Gasteiger partial charge in [0.2, 0.25) is 5.12 Å². The Morgan fingerprint density at radius 3 is 2.29 bits per heavy atom. The molecule has 2 saturated carbocycles. The van der Waals surface area contributed by atoms with Crippen molar-refractivity contribution in [3.05, 3.63) is 35.9 Å². The summed E-state index contributed by atoms with van der Waals surface area (Å²) in [6.45, 7) is 6.67. The van der Waals surface area contributed by atoms with Gasteiger partial charge in [-0.2, -0.15) is 0 Å². The summed E-state index contributed by atoms with van der Waals surface area (Å²) in [7, 11) is 0. The Labute approximate surface area is 159 Å². The van der Waals surface area contributed by atoms with Gasteiger partial charge in [0, 0.05) is 5.41 Å². The van der Waals surface area contributed by atoms with E-state index in [1.54, 1.807) is 0 Å². The van der Waals surface area contributed by atoms with Crippen LogP contribution in [0.3, 0.4) is 0 Å². The fraction of sp³-hybridized carbons (Fsp3) is 0.526. The molecule has 2 fully saturated rings. The lowest BCUT2D eigenvalue weighted by Gasteiger charge is -2.34. The predicted molar refractivity (Wildman–Crippen MR) is 110 cm³/mol. The zero-order valence-electron chi connectivity index (χ0n) is 14.4. The van der Waals surface area contributed by atoms with Gasteiger partial charge < -0.3 is 5.11 Å². The van der Waals surface area contributed by atoms with Crippen LogP contribution in [0.25, 0.3) is 0 Å². The number of rotatable bonds is 2. The van der Waals surface area contributed by atoms with Crippen molar-refractivity contribution in [1.29, 1.82) is 0 Å². The van der Waals surface area contributed by atoms with Crippen molar-refractivity contribution in [2.75, 3.05) is 6.61 Å². The third kappa shape index (κ3) is 3.79. The Morgan fingerprint density at radius 1 is 1.29 bits per heavy atom. The molecule has 2 aliphatic rings. The minimum Gasteiger partial charge on any atom is -0.388 e. The molecule has 5 heteroatoms. The number of thioether (sulfide) groups is 1. The van der Waals surface area contributed by atoms with E-state index in [1.807, 2.05) is 30.3 Å². The Morgan fingerprint density at radius 2 is 1.92 bits per heavy atom. The van der Waals surface area contributed by atoms with Crippen molar-refractivity contribution >= 4 is 50.4 Å². The van der Waals surface area contributed by atoms with Crippen LogP contribution >= 0.6 is 36.2 Å². The number of hydrogen-bond donors (Lipinski definition) is 1. The van der Waals surface area contributed by atoms with Crippen molar-refractivity contribution in [1.82, 2.24) is 0 Å². The molecule has 0 heterocycles. The predicted octanol–water partition coefficient (Wildman–Crippen LogP) is 4.82. The highest BCUT2D eigenvalue weighted by Crippen LogP contribution is 2.63. The van der Waals surface area contributed by atoms with E-state index in [-0.39, 0.29) is 5.12 Å². The maximum absolute atomic E-state index is 10.8. The standard InChI is InChI=1S/C10H16S.C9H8O2S2/c1-9(2)7-4-5-10(9,3)8(11)6-7;10-6-8(11)13-9(12)7-4-2-1-3-5-7/h7H,4-6H2,1-3H3;1-5,10H,6H2. The minimum absolute atomic E-state index is 0.325. The molecule has 0 spiro atoms. The van der Waals surface area contributed by atoms with E-state index in [0.717, 1.165) is 23.2 Å². The van der Waals surface area contributed by atoms with Gasteiger partial charge in [-0.3, -0.25) is 4.79 Å². The molecule has 2 nitrogen and oxygen atoms in total. The molecule has 0 radical (unpaired) electrons. The topological polar surface area (TPSA) is 37.3 Å². The second-order valence-electron chi connectivity index (χ2n) is 7.20. The van der Waals surface area contributed by atoms with Gasteiger partial charge in [-0.25, -0.2) is 0 Å². The second kappa shape index (κ2) is 7.73. The van der Waals surface area contributed by atoms with Crippen LogP contribution in [0.4, 0.5) is 0 Å². The van der Waals surface area contributed by atoms with Crippen LogP contribution < -0.4 is 0 Å². The number of aliphatic hydroxyl groups is 1.